The van der Waals surface area contributed by atoms with Gasteiger partial charge < -0.3 is 15.4 Å². The van der Waals surface area contributed by atoms with Crippen LogP contribution in [0.4, 0.5) is 0 Å². The first-order valence-corrected chi connectivity index (χ1v) is 4.72. The van der Waals surface area contributed by atoms with Crippen molar-refractivity contribution in [1.29, 1.82) is 0 Å². The van der Waals surface area contributed by atoms with E-state index in [1.807, 2.05) is 0 Å². The fraction of sp³-hybridized carbons (Fsp3) is 0.125. The molecule has 0 unspecified atom stereocenters. The number of carbonyl (C=O) groups is 1. The van der Waals surface area contributed by atoms with Gasteiger partial charge in [0.2, 0.25) is 0 Å². The van der Waals surface area contributed by atoms with Gasteiger partial charge in [-0.25, -0.2) is 0 Å². The molecule has 0 aromatic heterocycles. The normalized spacial score (nSPS) is 9.71. The van der Waals surface area contributed by atoms with E-state index in [0.29, 0.717) is 10.0 Å². The van der Waals surface area contributed by atoms with Gasteiger partial charge in [0.1, 0.15) is 0 Å². The third kappa shape index (κ3) is 2.57. The molecule has 1 amide bonds. The van der Waals surface area contributed by atoms with E-state index >= 15 is 0 Å². The van der Waals surface area contributed by atoms with Crippen molar-refractivity contribution >= 4 is 34.4 Å². The predicted molar refractivity (Wildman–Crippen MR) is 57.4 cm³/mol. The lowest BCUT2D eigenvalue weighted by Gasteiger charge is -2.04. The maximum atomic E-state index is 11.2. The van der Waals surface area contributed by atoms with Crippen molar-refractivity contribution in [2.24, 2.45) is 0 Å². The summed E-state index contributed by atoms with van der Waals surface area (Å²) in [5.41, 5.74) is 0.656. The largest absolute Gasteiger partial charge is 0.488 e. The number of amides is 1. The summed E-state index contributed by atoms with van der Waals surface area (Å²) >= 11 is 3.18. The van der Waals surface area contributed by atoms with Crippen LogP contribution in [-0.2, 0) is 0 Å². The van der Waals surface area contributed by atoms with E-state index in [9.17, 15) is 4.79 Å². The fourth-order valence-corrected chi connectivity index (χ4v) is 1.55. The Labute approximate surface area is 90.2 Å². The van der Waals surface area contributed by atoms with Crippen LogP contribution in [0.3, 0.4) is 0 Å². The Morgan fingerprint density at radius 1 is 1.43 bits per heavy atom. The quantitative estimate of drug-likeness (QED) is 0.625. The molecule has 0 heterocycles. The van der Waals surface area contributed by atoms with Crippen molar-refractivity contribution in [3.8, 4) is 0 Å². The standard InChI is InChI=1S/C8H9BBrNO3/c1-11-8(12)5-2-6(9(13)14)4-7(10)3-5/h2-4,13-14H,1H3,(H,11,12). The van der Waals surface area contributed by atoms with E-state index in [0.717, 1.165) is 0 Å². The molecule has 0 aliphatic heterocycles. The van der Waals surface area contributed by atoms with Crippen LogP contribution in [-0.4, -0.2) is 30.1 Å². The molecule has 3 N–H and O–H groups in total. The van der Waals surface area contributed by atoms with Crippen molar-refractivity contribution in [3.05, 3.63) is 28.2 Å². The summed E-state index contributed by atoms with van der Waals surface area (Å²) in [6.07, 6.45) is 0. The van der Waals surface area contributed by atoms with Crippen LogP contribution in [0, 0.1) is 0 Å². The molecule has 14 heavy (non-hydrogen) atoms. The Balaban J connectivity index is 3.13. The van der Waals surface area contributed by atoms with E-state index in [1.54, 1.807) is 6.07 Å². The van der Waals surface area contributed by atoms with Crippen molar-refractivity contribution < 1.29 is 14.8 Å². The molecule has 0 fully saturated rings. The first-order valence-electron chi connectivity index (χ1n) is 3.93. The van der Waals surface area contributed by atoms with Gasteiger partial charge in [0.05, 0.1) is 0 Å². The number of nitrogens with one attached hydrogen (secondary N) is 1. The molecule has 0 spiro atoms. The van der Waals surface area contributed by atoms with Crippen LogP contribution < -0.4 is 10.8 Å². The maximum Gasteiger partial charge on any atom is 0.488 e. The highest BCUT2D eigenvalue weighted by Crippen LogP contribution is 2.10. The summed E-state index contributed by atoms with van der Waals surface area (Å²) in [5, 5.41) is 20.3. The Hall–Kier alpha value is -0.845. The van der Waals surface area contributed by atoms with E-state index in [4.69, 9.17) is 10.0 Å². The molecule has 0 aliphatic carbocycles. The zero-order chi connectivity index (χ0) is 10.7. The number of hydrogen-bond donors (Lipinski definition) is 3. The lowest BCUT2D eigenvalue weighted by molar-refractivity contribution is 0.0963. The Kier molecular flexibility index (Phi) is 3.68. The van der Waals surface area contributed by atoms with E-state index < -0.39 is 7.12 Å². The smallest absolute Gasteiger partial charge is 0.423 e. The summed E-state index contributed by atoms with van der Waals surface area (Å²) in [6, 6.07) is 4.57. The third-order valence-electron chi connectivity index (χ3n) is 1.71. The molecule has 74 valence electrons. The van der Waals surface area contributed by atoms with Gasteiger partial charge in [-0.05, 0) is 23.7 Å². The van der Waals surface area contributed by atoms with Gasteiger partial charge >= 0.3 is 7.12 Å². The molecule has 6 heteroatoms. The maximum absolute atomic E-state index is 11.2. The summed E-state index contributed by atoms with van der Waals surface area (Å²) in [5.74, 6) is -0.270. The number of halogens is 1. The second kappa shape index (κ2) is 4.59. The van der Waals surface area contributed by atoms with Crippen molar-refractivity contribution in [2.75, 3.05) is 7.05 Å². The average Bonchev–Trinajstić information content (AvgIpc) is 2.15. The van der Waals surface area contributed by atoms with Gasteiger partial charge in [0.15, 0.2) is 0 Å². The van der Waals surface area contributed by atoms with Crippen molar-refractivity contribution in [2.45, 2.75) is 0 Å². The van der Waals surface area contributed by atoms with E-state index in [1.165, 1.54) is 19.2 Å². The highest BCUT2D eigenvalue weighted by molar-refractivity contribution is 9.10. The topological polar surface area (TPSA) is 69.6 Å². The summed E-state index contributed by atoms with van der Waals surface area (Å²) in [4.78, 5) is 11.2. The molecular formula is C8H9BBrNO3. The number of hydrogen-bond acceptors (Lipinski definition) is 3. The van der Waals surface area contributed by atoms with E-state index in [-0.39, 0.29) is 11.4 Å². The molecule has 1 aromatic rings. The van der Waals surface area contributed by atoms with Gasteiger partial charge in [-0.1, -0.05) is 15.9 Å². The van der Waals surface area contributed by atoms with Crippen LogP contribution in [0.15, 0.2) is 22.7 Å². The first-order chi connectivity index (χ1) is 6.54. The van der Waals surface area contributed by atoms with Crippen LogP contribution in [0.25, 0.3) is 0 Å². The lowest BCUT2D eigenvalue weighted by atomic mass is 9.79. The molecular weight excluding hydrogens is 249 g/mol. The van der Waals surface area contributed by atoms with Gasteiger partial charge in [-0.3, -0.25) is 4.79 Å². The molecule has 1 aromatic carbocycles. The molecule has 0 aliphatic rings. The van der Waals surface area contributed by atoms with Gasteiger partial charge in [-0.2, -0.15) is 0 Å². The Bertz CT molecular complexity index is 356. The lowest BCUT2D eigenvalue weighted by Crippen LogP contribution is -2.31. The Morgan fingerprint density at radius 3 is 2.57 bits per heavy atom. The molecule has 0 saturated heterocycles. The highest BCUT2D eigenvalue weighted by atomic mass is 79.9. The number of carbonyl (C=O) groups excluding carboxylic acids is 1. The minimum Gasteiger partial charge on any atom is -0.423 e. The van der Waals surface area contributed by atoms with Crippen LogP contribution in [0.2, 0.25) is 0 Å². The van der Waals surface area contributed by atoms with Gasteiger partial charge in [0.25, 0.3) is 5.91 Å². The zero-order valence-corrected chi connectivity index (χ0v) is 9.08. The number of rotatable bonds is 2. The van der Waals surface area contributed by atoms with Crippen molar-refractivity contribution in [1.82, 2.24) is 5.32 Å². The zero-order valence-electron chi connectivity index (χ0n) is 7.49. The molecule has 4 nitrogen and oxygen atoms in total. The van der Waals surface area contributed by atoms with Crippen molar-refractivity contribution in [3.63, 3.8) is 0 Å². The minimum absolute atomic E-state index is 0.270. The monoisotopic (exact) mass is 257 g/mol. The highest BCUT2D eigenvalue weighted by Gasteiger charge is 2.14. The molecule has 0 radical (unpaired) electrons. The molecule has 0 saturated carbocycles. The first kappa shape index (κ1) is 11.2. The SMILES string of the molecule is CNC(=O)c1cc(Br)cc(B(O)O)c1. The van der Waals surface area contributed by atoms with Crippen LogP contribution in [0.1, 0.15) is 10.4 Å². The molecule has 0 atom stereocenters. The van der Waals surface area contributed by atoms with Crippen LogP contribution >= 0.6 is 15.9 Å². The second-order valence-electron chi connectivity index (χ2n) is 2.73. The van der Waals surface area contributed by atoms with Gasteiger partial charge in [0, 0.05) is 17.1 Å². The summed E-state index contributed by atoms with van der Waals surface area (Å²) in [7, 11) is -0.0610. The Morgan fingerprint density at radius 2 is 2.07 bits per heavy atom. The van der Waals surface area contributed by atoms with Crippen LogP contribution in [0.5, 0.6) is 0 Å². The predicted octanol–water partition coefficient (Wildman–Crippen LogP) is -0.512. The number of benzene rings is 1. The average molecular weight is 258 g/mol. The minimum atomic E-state index is -1.57. The van der Waals surface area contributed by atoms with Gasteiger partial charge in [-0.15, -0.1) is 0 Å². The summed E-state index contributed by atoms with van der Waals surface area (Å²) in [6.45, 7) is 0. The molecule has 0 bridgehead atoms. The third-order valence-corrected chi connectivity index (χ3v) is 2.17. The summed E-state index contributed by atoms with van der Waals surface area (Å²) < 4.78 is 0.627. The second-order valence-corrected chi connectivity index (χ2v) is 3.64. The fourth-order valence-electron chi connectivity index (χ4n) is 1.04. The molecule has 1 rings (SSSR count). The van der Waals surface area contributed by atoms with E-state index in [2.05, 4.69) is 21.2 Å².